The van der Waals surface area contributed by atoms with E-state index in [0.717, 1.165) is 13.2 Å². The largest absolute Gasteiger partial charge is 0.378 e. The van der Waals surface area contributed by atoms with Crippen molar-refractivity contribution in [2.45, 2.75) is 45.1 Å². The molecule has 0 aromatic rings. The van der Waals surface area contributed by atoms with E-state index >= 15 is 0 Å². The van der Waals surface area contributed by atoms with Crippen LogP contribution in [0.25, 0.3) is 0 Å². The number of hydrogen-bond acceptors (Lipinski definition) is 2. The maximum Gasteiger partial charge on any atom is 0.0643 e. The minimum absolute atomic E-state index is 0.663. The Balaban J connectivity index is 1.70. The van der Waals surface area contributed by atoms with Crippen molar-refractivity contribution < 1.29 is 4.74 Å². The molecule has 0 unspecified atom stereocenters. The molecule has 0 atom stereocenters. The highest BCUT2D eigenvalue weighted by molar-refractivity contribution is 4.72. The van der Waals surface area contributed by atoms with Gasteiger partial charge in [0.2, 0.25) is 0 Å². The molecular weight excluding hydrogens is 150 g/mol. The van der Waals surface area contributed by atoms with E-state index in [1.165, 1.54) is 38.6 Å². The van der Waals surface area contributed by atoms with Crippen LogP contribution in [-0.2, 0) is 4.74 Å². The highest BCUT2D eigenvalue weighted by Crippen LogP contribution is 2.03. The summed E-state index contributed by atoms with van der Waals surface area (Å²) in [5, 5.41) is 3.47. The van der Waals surface area contributed by atoms with Crippen LogP contribution in [0, 0.1) is 0 Å². The monoisotopic (exact) mass is 171 g/mol. The van der Waals surface area contributed by atoms with Gasteiger partial charge in [-0.1, -0.05) is 32.6 Å². The van der Waals surface area contributed by atoms with E-state index in [0.29, 0.717) is 6.04 Å². The van der Waals surface area contributed by atoms with Crippen molar-refractivity contribution >= 4 is 0 Å². The standard InChI is InChI=1S/C10H21NO/c1-2-3-4-5-6-7-11-10-8-12-9-10/h10-11H,2-9H2,1H3. The summed E-state index contributed by atoms with van der Waals surface area (Å²) in [7, 11) is 0. The predicted octanol–water partition coefficient (Wildman–Crippen LogP) is 1.95. The van der Waals surface area contributed by atoms with Crippen molar-refractivity contribution in [3.8, 4) is 0 Å². The topological polar surface area (TPSA) is 21.3 Å². The summed E-state index contributed by atoms with van der Waals surface area (Å²) in [5.41, 5.74) is 0. The highest BCUT2D eigenvalue weighted by Gasteiger charge is 2.16. The van der Waals surface area contributed by atoms with Crippen molar-refractivity contribution in [2.75, 3.05) is 19.8 Å². The molecule has 2 heteroatoms. The minimum Gasteiger partial charge on any atom is -0.378 e. The zero-order valence-electron chi connectivity index (χ0n) is 8.14. The molecule has 0 radical (unpaired) electrons. The highest BCUT2D eigenvalue weighted by atomic mass is 16.5. The summed E-state index contributed by atoms with van der Waals surface area (Å²) in [5.74, 6) is 0. The fourth-order valence-corrected chi connectivity index (χ4v) is 1.39. The zero-order chi connectivity index (χ0) is 8.65. The first-order valence-corrected chi connectivity index (χ1v) is 5.24. The second kappa shape index (κ2) is 6.44. The van der Waals surface area contributed by atoms with Crippen molar-refractivity contribution in [1.29, 1.82) is 0 Å². The van der Waals surface area contributed by atoms with Crippen LogP contribution in [0.4, 0.5) is 0 Å². The van der Waals surface area contributed by atoms with Crippen molar-refractivity contribution in [3.05, 3.63) is 0 Å². The third-order valence-corrected chi connectivity index (χ3v) is 2.35. The molecule has 0 aromatic carbocycles. The molecule has 0 spiro atoms. The van der Waals surface area contributed by atoms with E-state index in [4.69, 9.17) is 4.74 Å². The van der Waals surface area contributed by atoms with E-state index in [1.807, 2.05) is 0 Å². The molecule has 0 bridgehead atoms. The van der Waals surface area contributed by atoms with Gasteiger partial charge in [-0.05, 0) is 13.0 Å². The lowest BCUT2D eigenvalue weighted by Crippen LogP contribution is -2.46. The lowest BCUT2D eigenvalue weighted by Gasteiger charge is -2.26. The van der Waals surface area contributed by atoms with Gasteiger partial charge in [-0.15, -0.1) is 0 Å². The molecule has 1 fully saturated rings. The number of rotatable bonds is 7. The fourth-order valence-electron chi connectivity index (χ4n) is 1.39. The number of hydrogen-bond donors (Lipinski definition) is 1. The molecule has 1 aliphatic heterocycles. The molecule has 0 amide bonds. The van der Waals surface area contributed by atoms with Crippen LogP contribution in [0.3, 0.4) is 0 Å². The van der Waals surface area contributed by atoms with Gasteiger partial charge in [0.15, 0.2) is 0 Å². The molecule has 1 rings (SSSR count). The Morgan fingerprint density at radius 2 is 1.92 bits per heavy atom. The minimum atomic E-state index is 0.663. The Hall–Kier alpha value is -0.0800. The van der Waals surface area contributed by atoms with Crippen LogP contribution in [0.2, 0.25) is 0 Å². The number of unbranched alkanes of at least 4 members (excludes halogenated alkanes) is 4. The van der Waals surface area contributed by atoms with Gasteiger partial charge in [-0.25, -0.2) is 0 Å². The van der Waals surface area contributed by atoms with E-state index < -0.39 is 0 Å². The first-order valence-electron chi connectivity index (χ1n) is 5.24. The van der Waals surface area contributed by atoms with Crippen molar-refractivity contribution in [2.24, 2.45) is 0 Å². The van der Waals surface area contributed by atoms with Gasteiger partial charge < -0.3 is 10.1 Å². The molecule has 1 N–H and O–H groups in total. The average Bonchev–Trinajstić information content (AvgIpc) is 2.00. The molecule has 1 saturated heterocycles. The first-order chi connectivity index (χ1) is 5.93. The maximum absolute atomic E-state index is 5.07. The normalized spacial score (nSPS) is 17.8. The van der Waals surface area contributed by atoms with Gasteiger partial charge in [0.25, 0.3) is 0 Å². The predicted molar refractivity (Wildman–Crippen MR) is 51.4 cm³/mol. The summed E-state index contributed by atoms with van der Waals surface area (Å²) in [4.78, 5) is 0. The van der Waals surface area contributed by atoms with Crippen LogP contribution in [0.1, 0.15) is 39.0 Å². The van der Waals surface area contributed by atoms with Gasteiger partial charge in [0, 0.05) is 0 Å². The molecule has 0 aliphatic carbocycles. The van der Waals surface area contributed by atoms with Crippen LogP contribution >= 0.6 is 0 Å². The number of ether oxygens (including phenoxy) is 1. The van der Waals surface area contributed by atoms with Gasteiger partial charge in [0.1, 0.15) is 0 Å². The van der Waals surface area contributed by atoms with E-state index in [1.54, 1.807) is 0 Å². The average molecular weight is 171 g/mol. The third kappa shape index (κ3) is 4.07. The van der Waals surface area contributed by atoms with Crippen molar-refractivity contribution in [3.63, 3.8) is 0 Å². The second-order valence-electron chi connectivity index (χ2n) is 3.60. The molecule has 1 aliphatic rings. The Morgan fingerprint density at radius 3 is 2.50 bits per heavy atom. The second-order valence-corrected chi connectivity index (χ2v) is 3.60. The summed E-state index contributed by atoms with van der Waals surface area (Å²) in [6.07, 6.45) is 6.85. The third-order valence-electron chi connectivity index (χ3n) is 2.35. The lowest BCUT2D eigenvalue weighted by molar-refractivity contribution is -0.00497. The molecule has 2 nitrogen and oxygen atoms in total. The SMILES string of the molecule is CCCCCCCNC1COC1. The van der Waals surface area contributed by atoms with Gasteiger partial charge in [-0.2, -0.15) is 0 Å². The fraction of sp³-hybridized carbons (Fsp3) is 1.00. The number of nitrogens with one attached hydrogen (secondary N) is 1. The van der Waals surface area contributed by atoms with Crippen LogP contribution in [-0.4, -0.2) is 25.8 Å². The Labute approximate surface area is 75.7 Å². The molecule has 0 aromatic heterocycles. The Morgan fingerprint density at radius 1 is 1.17 bits per heavy atom. The van der Waals surface area contributed by atoms with Crippen LogP contribution in [0.5, 0.6) is 0 Å². The molecule has 0 saturated carbocycles. The molecular formula is C10H21NO. The quantitative estimate of drug-likeness (QED) is 0.591. The Bertz CT molecular complexity index is 102. The molecule has 12 heavy (non-hydrogen) atoms. The lowest BCUT2D eigenvalue weighted by atomic mass is 10.1. The van der Waals surface area contributed by atoms with Crippen LogP contribution < -0.4 is 5.32 Å². The summed E-state index contributed by atoms with van der Waals surface area (Å²) < 4.78 is 5.07. The van der Waals surface area contributed by atoms with Crippen LogP contribution in [0.15, 0.2) is 0 Å². The van der Waals surface area contributed by atoms with Gasteiger partial charge >= 0.3 is 0 Å². The van der Waals surface area contributed by atoms with E-state index in [2.05, 4.69) is 12.2 Å². The first kappa shape index (κ1) is 10.0. The van der Waals surface area contributed by atoms with Gasteiger partial charge in [0.05, 0.1) is 19.3 Å². The molecule has 72 valence electrons. The summed E-state index contributed by atoms with van der Waals surface area (Å²) in [6, 6.07) is 0.663. The van der Waals surface area contributed by atoms with Crippen molar-refractivity contribution in [1.82, 2.24) is 5.32 Å². The van der Waals surface area contributed by atoms with E-state index in [-0.39, 0.29) is 0 Å². The molecule has 1 heterocycles. The van der Waals surface area contributed by atoms with E-state index in [9.17, 15) is 0 Å². The summed E-state index contributed by atoms with van der Waals surface area (Å²) in [6.45, 7) is 5.28. The summed E-state index contributed by atoms with van der Waals surface area (Å²) >= 11 is 0. The maximum atomic E-state index is 5.07. The van der Waals surface area contributed by atoms with Gasteiger partial charge in [-0.3, -0.25) is 0 Å². The zero-order valence-corrected chi connectivity index (χ0v) is 8.14. The Kier molecular flexibility index (Phi) is 5.37. The smallest absolute Gasteiger partial charge is 0.0643 e.